The van der Waals surface area contributed by atoms with Gasteiger partial charge >= 0.3 is 0 Å². The van der Waals surface area contributed by atoms with Gasteiger partial charge in [-0.05, 0) is 36.5 Å². The van der Waals surface area contributed by atoms with Crippen molar-refractivity contribution in [2.45, 2.75) is 45.4 Å². The lowest BCUT2D eigenvalue weighted by molar-refractivity contribution is 0.561. The van der Waals surface area contributed by atoms with Crippen LogP contribution >= 0.6 is 11.6 Å². The Kier molecular flexibility index (Phi) is 5.03. The minimum absolute atomic E-state index is 0.698. The highest BCUT2D eigenvalue weighted by Gasteiger charge is 2.09. The van der Waals surface area contributed by atoms with Crippen molar-refractivity contribution >= 4 is 11.6 Å². The molecule has 0 bridgehead atoms. The molecule has 0 heterocycles. The molecule has 0 aliphatic heterocycles. The Morgan fingerprint density at radius 1 is 1.14 bits per heavy atom. The van der Waals surface area contributed by atoms with Crippen molar-refractivity contribution < 1.29 is 0 Å². The lowest BCUT2D eigenvalue weighted by atomic mass is 9.90. The summed E-state index contributed by atoms with van der Waals surface area (Å²) in [4.78, 5) is 0. The van der Waals surface area contributed by atoms with Crippen molar-refractivity contribution in [2.24, 2.45) is 0 Å². The average Bonchev–Trinajstić information content (AvgIpc) is 2.17. The van der Waals surface area contributed by atoms with Crippen LogP contribution in [0.5, 0.6) is 0 Å². The Bertz CT molecular complexity index is 262. The van der Waals surface area contributed by atoms with Gasteiger partial charge in [-0.1, -0.05) is 50.4 Å². The van der Waals surface area contributed by atoms with Crippen LogP contribution in [0.25, 0.3) is 0 Å². The van der Waals surface area contributed by atoms with Crippen molar-refractivity contribution in [3.63, 3.8) is 0 Å². The van der Waals surface area contributed by atoms with Gasteiger partial charge in [0.1, 0.15) is 0 Å². The third kappa shape index (κ3) is 3.34. The Morgan fingerprint density at radius 2 is 1.79 bits per heavy atom. The van der Waals surface area contributed by atoms with Crippen molar-refractivity contribution in [1.82, 2.24) is 0 Å². The number of halogens is 1. The monoisotopic (exact) mass is 210 g/mol. The zero-order valence-corrected chi connectivity index (χ0v) is 9.85. The second kappa shape index (κ2) is 6.08. The molecule has 1 rings (SSSR count). The van der Waals surface area contributed by atoms with Gasteiger partial charge < -0.3 is 0 Å². The SMILES string of the molecule is CCCC(CCC)c1cccc(Cl)c1. The van der Waals surface area contributed by atoms with E-state index in [1.54, 1.807) is 0 Å². The fourth-order valence-corrected chi connectivity index (χ4v) is 2.13. The molecule has 0 aliphatic carbocycles. The van der Waals surface area contributed by atoms with Crippen molar-refractivity contribution in [2.75, 3.05) is 0 Å². The molecule has 0 unspecified atom stereocenters. The largest absolute Gasteiger partial charge is 0.0843 e. The first-order valence-corrected chi connectivity index (χ1v) is 5.91. The molecule has 1 aromatic rings. The molecule has 0 amide bonds. The van der Waals surface area contributed by atoms with Crippen LogP contribution in [0, 0.1) is 0 Å². The zero-order valence-electron chi connectivity index (χ0n) is 9.09. The fourth-order valence-electron chi connectivity index (χ4n) is 1.94. The Hall–Kier alpha value is -0.490. The fraction of sp³-hybridized carbons (Fsp3) is 0.538. The van der Waals surface area contributed by atoms with Gasteiger partial charge in [-0.15, -0.1) is 0 Å². The van der Waals surface area contributed by atoms with Gasteiger partial charge in [0.05, 0.1) is 0 Å². The maximum atomic E-state index is 5.99. The minimum Gasteiger partial charge on any atom is -0.0843 e. The van der Waals surface area contributed by atoms with Crippen LogP contribution in [0.1, 0.15) is 51.0 Å². The molecule has 0 aliphatic rings. The van der Waals surface area contributed by atoms with Crippen LogP contribution in [0.4, 0.5) is 0 Å². The normalized spacial score (nSPS) is 10.9. The van der Waals surface area contributed by atoms with Crippen LogP contribution in [0.15, 0.2) is 24.3 Å². The van der Waals surface area contributed by atoms with Gasteiger partial charge in [0.15, 0.2) is 0 Å². The lowest BCUT2D eigenvalue weighted by Gasteiger charge is -2.15. The van der Waals surface area contributed by atoms with E-state index in [0.717, 1.165) is 5.02 Å². The standard InChI is InChI=1S/C13H19Cl/c1-3-6-11(7-4-2)12-8-5-9-13(14)10-12/h5,8-11H,3-4,6-7H2,1-2H3. The summed E-state index contributed by atoms with van der Waals surface area (Å²) >= 11 is 5.99. The third-order valence-corrected chi connectivity index (χ3v) is 2.83. The summed E-state index contributed by atoms with van der Waals surface area (Å²) in [6.07, 6.45) is 5.04. The Morgan fingerprint density at radius 3 is 2.29 bits per heavy atom. The van der Waals surface area contributed by atoms with E-state index >= 15 is 0 Å². The van der Waals surface area contributed by atoms with Gasteiger partial charge in [0, 0.05) is 5.02 Å². The molecule has 1 aromatic carbocycles. The molecule has 0 aromatic heterocycles. The van der Waals surface area contributed by atoms with Crippen molar-refractivity contribution in [1.29, 1.82) is 0 Å². The van der Waals surface area contributed by atoms with Crippen LogP contribution in [0.2, 0.25) is 5.02 Å². The summed E-state index contributed by atoms with van der Waals surface area (Å²) in [5.41, 5.74) is 1.40. The molecular formula is C13H19Cl. The van der Waals surface area contributed by atoms with E-state index in [1.807, 2.05) is 6.07 Å². The summed E-state index contributed by atoms with van der Waals surface area (Å²) in [6, 6.07) is 8.30. The number of rotatable bonds is 5. The lowest BCUT2D eigenvalue weighted by Crippen LogP contribution is -1.97. The molecule has 0 radical (unpaired) electrons. The maximum Gasteiger partial charge on any atom is 0.0408 e. The smallest absolute Gasteiger partial charge is 0.0408 e. The van der Waals surface area contributed by atoms with Gasteiger partial charge in [-0.2, -0.15) is 0 Å². The predicted molar refractivity (Wildman–Crippen MR) is 64.0 cm³/mol. The van der Waals surface area contributed by atoms with E-state index in [0.29, 0.717) is 5.92 Å². The highest BCUT2D eigenvalue weighted by atomic mass is 35.5. The summed E-state index contributed by atoms with van der Waals surface area (Å²) in [7, 11) is 0. The van der Waals surface area contributed by atoms with Crippen molar-refractivity contribution in [3.8, 4) is 0 Å². The summed E-state index contributed by atoms with van der Waals surface area (Å²) < 4.78 is 0. The molecule has 0 atom stereocenters. The Labute approximate surface area is 92.3 Å². The maximum absolute atomic E-state index is 5.99. The molecule has 0 nitrogen and oxygen atoms in total. The first-order valence-electron chi connectivity index (χ1n) is 5.53. The summed E-state index contributed by atoms with van der Waals surface area (Å²) in [5.74, 6) is 0.698. The van der Waals surface area contributed by atoms with Gasteiger partial charge in [-0.25, -0.2) is 0 Å². The second-order valence-corrected chi connectivity index (χ2v) is 4.27. The number of benzene rings is 1. The molecule has 0 saturated heterocycles. The van der Waals surface area contributed by atoms with E-state index in [-0.39, 0.29) is 0 Å². The average molecular weight is 211 g/mol. The number of hydrogen-bond donors (Lipinski definition) is 0. The van der Waals surface area contributed by atoms with Crippen molar-refractivity contribution in [3.05, 3.63) is 34.9 Å². The van der Waals surface area contributed by atoms with Crippen LogP contribution in [-0.4, -0.2) is 0 Å². The van der Waals surface area contributed by atoms with Gasteiger partial charge in [0.25, 0.3) is 0 Å². The third-order valence-electron chi connectivity index (χ3n) is 2.59. The van der Waals surface area contributed by atoms with Crippen LogP contribution < -0.4 is 0 Å². The van der Waals surface area contributed by atoms with E-state index < -0.39 is 0 Å². The van der Waals surface area contributed by atoms with E-state index in [4.69, 9.17) is 11.6 Å². The van der Waals surface area contributed by atoms with E-state index in [2.05, 4.69) is 32.0 Å². The summed E-state index contributed by atoms with van der Waals surface area (Å²) in [5, 5.41) is 0.861. The zero-order chi connectivity index (χ0) is 10.4. The second-order valence-electron chi connectivity index (χ2n) is 3.83. The van der Waals surface area contributed by atoms with E-state index in [1.165, 1.54) is 31.2 Å². The van der Waals surface area contributed by atoms with Gasteiger partial charge in [-0.3, -0.25) is 0 Å². The predicted octanol–water partition coefficient (Wildman–Crippen LogP) is 5.02. The molecule has 78 valence electrons. The number of hydrogen-bond acceptors (Lipinski definition) is 0. The van der Waals surface area contributed by atoms with Crippen LogP contribution in [0.3, 0.4) is 0 Å². The first-order chi connectivity index (χ1) is 6.77. The molecule has 1 heteroatoms. The first kappa shape index (κ1) is 11.6. The molecule has 0 saturated carbocycles. The van der Waals surface area contributed by atoms with Crippen LogP contribution in [-0.2, 0) is 0 Å². The molecule has 0 fully saturated rings. The molecule has 14 heavy (non-hydrogen) atoms. The molecule has 0 N–H and O–H groups in total. The molecule has 0 spiro atoms. The topological polar surface area (TPSA) is 0 Å². The van der Waals surface area contributed by atoms with E-state index in [9.17, 15) is 0 Å². The minimum atomic E-state index is 0.698. The Balaban J connectivity index is 2.75. The highest BCUT2D eigenvalue weighted by Crippen LogP contribution is 2.27. The van der Waals surface area contributed by atoms with Gasteiger partial charge in [0.2, 0.25) is 0 Å². The highest BCUT2D eigenvalue weighted by molar-refractivity contribution is 6.30. The quantitative estimate of drug-likeness (QED) is 0.640. The molecular weight excluding hydrogens is 192 g/mol. The summed E-state index contributed by atoms with van der Waals surface area (Å²) in [6.45, 7) is 4.49.